The summed E-state index contributed by atoms with van der Waals surface area (Å²) in [6.45, 7) is 2.59. The Kier molecular flexibility index (Phi) is 2.99. The summed E-state index contributed by atoms with van der Waals surface area (Å²) in [4.78, 5) is 2.30. The van der Waals surface area contributed by atoms with Crippen molar-refractivity contribution in [2.75, 3.05) is 12.0 Å². The van der Waals surface area contributed by atoms with Crippen LogP contribution >= 0.6 is 0 Å². The molecule has 3 rings (SSSR count). The normalized spacial score (nSPS) is 14.9. The Hall–Kier alpha value is -1.87. The van der Waals surface area contributed by atoms with Gasteiger partial charge in [0.15, 0.2) is 0 Å². The molecule has 0 fully saturated rings. The maximum atomic E-state index is 12.8. The summed E-state index contributed by atoms with van der Waals surface area (Å²) in [5, 5.41) is 3.40. The molecule has 2 aromatic carbocycles. The predicted molar refractivity (Wildman–Crippen MR) is 70.6 cm³/mol. The van der Waals surface area contributed by atoms with Gasteiger partial charge in [0, 0.05) is 18.8 Å². The summed E-state index contributed by atoms with van der Waals surface area (Å²) in [5.41, 5.74) is 3.66. The van der Waals surface area contributed by atoms with E-state index in [9.17, 15) is 4.39 Å². The van der Waals surface area contributed by atoms with Gasteiger partial charge in [-0.2, -0.15) is 0 Å². The van der Waals surface area contributed by atoms with Crippen molar-refractivity contribution in [1.82, 2.24) is 4.90 Å². The Morgan fingerprint density at radius 1 is 1.06 bits per heavy atom. The molecule has 1 aliphatic rings. The van der Waals surface area contributed by atoms with Gasteiger partial charge >= 0.3 is 0 Å². The molecular weight excluding hydrogens is 227 g/mol. The van der Waals surface area contributed by atoms with Crippen LogP contribution in [-0.4, -0.2) is 11.6 Å². The summed E-state index contributed by atoms with van der Waals surface area (Å²) >= 11 is 0. The first-order chi connectivity index (χ1) is 8.81. The van der Waals surface area contributed by atoms with E-state index in [1.54, 1.807) is 0 Å². The van der Waals surface area contributed by atoms with Crippen LogP contribution in [0.1, 0.15) is 11.1 Å². The van der Waals surface area contributed by atoms with Crippen molar-refractivity contribution in [3.05, 3.63) is 65.5 Å². The highest BCUT2D eigenvalue weighted by Crippen LogP contribution is 2.22. The first-order valence-corrected chi connectivity index (χ1v) is 6.10. The highest BCUT2D eigenvalue weighted by atomic mass is 19.1. The van der Waals surface area contributed by atoms with Gasteiger partial charge in [0.25, 0.3) is 0 Å². The first kappa shape index (κ1) is 11.2. The van der Waals surface area contributed by atoms with E-state index in [0.29, 0.717) is 0 Å². The molecule has 1 heterocycles. The van der Waals surface area contributed by atoms with Crippen LogP contribution in [0.4, 0.5) is 10.1 Å². The van der Waals surface area contributed by atoms with Gasteiger partial charge in [-0.15, -0.1) is 0 Å². The van der Waals surface area contributed by atoms with Crippen LogP contribution in [0.25, 0.3) is 0 Å². The lowest BCUT2D eigenvalue weighted by molar-refractivity contribution is 0.267. The van der Waals surface area contributed by atoms with Crippen LogP contribution in [0.5, 0.6) is 0 Å². The van der Waals surface area contributed by atoms with Gasteiger partial charge in [0.05, 0.1) is 6.67 Å². The maximum Gasteiger partial charge on any atom is 0.123 e. The molecule has 0 bridgehead atoms. The lowest BCUT2D eigenvalue weighted by Gasteiger charge is -2.29. The Labute approximate surface area is 106 Å². The summed E-state index contributed by atoms with van der Waals surface area (Å²) in [7, 11) is 0. The van der Waals surface area contributed by atoms with Crippen molar-refractivity contribution in [3.63, 3.8) is 0 Å². The zero-order valence-electron chi connectivity index (χ0n) is 10.1. The van der Waals surface area contributed by atoms with Crippen molar-refractivity contribution in [2.45, 2.75) is 13.1 Å². The zero-order chi connectivity index (χ0) is 12.4. The van der Waals surface area contributed by atoms with E-state index in [2.05, 4.69) is 28.4 Å². The zero-order valence-corrected chi connectivity index (χ0v) is 10.1. The van der Waals surface area contributed by atoms with Crippen molar-refractivity contribution < 1.29 is 4.39 Å². The van der Waals surface area contributed by atoms with Gasteiger partial charge in [-0.1, -0.05) is 30.3 Å². The van der Waals surface area contributed by atoms with Gasteiger partial charge in [-0.3, -0.25) is 4.90 Å². The molecule has 1 aliphatic heterocycles. The Morgan fingerprint density at radius 2 is 1.83 bits per heavy atom. The molecule has 0 spiro atoms. The number of anilines is 1. The van der Waals surface area contributed by atoms with E-state index in [-0.39, 0.29) is 5.82 Å². The molecule has 1 N–H and O–H groups in total. The van der Waals surface area contributed by atoms with Gasteiger partial charge in [-0.05, 0) is 29.3 Å². The molecule has 0 aromatic heterocycles. The second-order valence-electron chi connectivity index (χ2n) is 4.61. The monoisotopic (exact) mass is 242 g/mol. The van der Waals surface area contributed by atoms with E-state index in [4.69, 9.17) is 0 Å². The number of nitrogens with one attached hydrogen (secondary N) is 1. The van der Waals surface area contributed by atoms with Crippen LogP contribution in [0.15, 0.2) is 48.5 Å². The molecule has 0 saturated heterocycles. The smallest absolute Gasteiger partial charge is 0.123 e. The number of fused-ring (bicyclic) bond motifs is 1. The number of rotatable bonds is 2. The highest BCUT2D eigenvalue weighted by molar-refractivity contribution is 5.52. The van der Waals surface area contributed by atoms with E-state index in [0.717, 1.165) is 25.3 Å². The first-order valence-electron chi connectivity index (χ1n) is 6.10. The second kappa shape index (κ2) is 4.78. The van der Waals surface area contributed by atoms with Gasteiger partial charge < -0.3 is 5.32 Å². The molecule has 0 saturated carbocycles. The third kappa shape index (κ3) is 2.36. The predicted octanol–water partition coefficient (Wildman–Crippen LogP) is 3.21. The average molecular weight is 242 g/mol. The minimum absolute atomic E-state index is 0.180. The number of hydrogen-bond acceptors (Lipinski definition) is 2. The molecule has 0 unspecified atom stereocenters. The summed E-state index contributed by atoms with van der Waals surface area (Å²) in [6, 6.07) is 15.1. The molecule has 0 radical (unpaired) electrons. The third-order valence-corrected chi connectivity index (χ3v) is 3.22. The van der Waals surface area contributed by atoms with Gasteiger partial charge in [0.1, 0.15) is 5.82 Å². The fourth-order valence-corrected chi connectivity index (χ4v) is 2.28. The summed E-state index contributed by atoms with van der Waals surface area (Å²) in [5.74, 6) is -0.180. The highest BCUT2D eigenvalue weighted by Gasteiger charge is 2.14. The Morgan fingerprint density at radius 3 is 2.67 bits per heavy atom. The van der Waals surface area contributed by atoms with E-state index in [1.165, 1.54) is 23.4 Å². The van der Waals surface area contributed by atoms with Crippen molar-refractivity contribution in [1.29, 1.82) is 0 Å². The number of nitrogens with zero attached hydrogens (tertiary/aromatic N) is 1. The molecule has 0 amide bonds. The topological polar surface area (TPSA) is 15.3 Å². The fraction of sp³-hybridized carbons (Fsp3) is 0.200. The quantitative estimate of drug-likeness (QED) is 0.870. The number of para-hydroxylation sites is 1. The SMILES string of the molecule is Fc1ccc(CN2CNc3ccccc3C2)cc1. The maximum absolute atomic E-state index is 12.8. The third-order valence-electron chi connectivity index (χ3n) is 3.22. The second-order valence-corrected chi connectivity index (χ2v) is 4.61. The molecule has 2 nitrogen and oxygen atoms in total. The minimum atomic E-state index is -0.180. The standard InChI is InChI=1S/C15H15FN2/c16-14-7-5-12(6-8-14)9-18-10-13-3-1-2-4-15(13)17-11-18/h1-8,17H,9-11H2. The van der Waals surface area contributed by atoms with Crippen LogP contribution in [0.2, 0.25) is 0 Å². The summed E-state index contributed by atoms with van der Waals surface area (Å²) in [6.07, 6.45) is 0. The van der Waals surface area contributed by atoms with E-state index >= 15 is 0 Å². The van der Waals surface area contributed by atoms with Crippen molar-refractivity contribution >= 4 is 5.69 Å². The van der Waals surface area contributed by atoms with Crippen LogP contribution in [0, 0.1) is 5.82 Å². The van der Waals surface area contributed by atoms with Gasteiger partial charge in [-0.25, -0.2) is 4.39 Å². The molecule has 2 aromatic rings. The van der Waals surface area contributed by atoms with Crippen LogP contribution in [0.3, 0.4) is 0 Å². The van der Waals surface area contributed by atoms with Crippen LogP contribution < -0.4 is 5.32 Å². The van der Waals surface area contributed by atoms with Crippen molar-refractivity contribution in [2.24, 2.45) is 0 Å². The fourth-order valence-electron chi connectivity index (χ4n) is 2.28. The van der Waals surface area contributed by atoms with Crippen molar-refractivity contribution in [3.8, 4) is 0 Å². The number of benzene rings is 2. The molecule has 3 heteroatoms. The lowest BCUT2D eigenvalue weighted by Crippen LogP contribution is -2.33. The summed E-state index contributed by atoms with van der Waals surface area (Å²) < 4.78 is 12.8. The largest absolute Gasteiger partial charge is 0.372 e. The van der Waals surface area contributed by atoms with Gasteiger partial charge in [0.2, 0.25) is 0 Å². The number of halogens is 1. The van der Waals surface area contributed by atoms with Crippen LogP contribution in [-0.2, 0) is 13.1 Å². The lowest BCUT2D eigenvalue weighted by atomic mass is 10.1. The van der Waals surface area contributed by atoms with E-state index < -0.39 is 0 Å². The molecule has 92 valence electrons. The number of hydrogen-bond donors (Lipinski definition) is 1. The minimum Gasteiger partial charge on any atom is -0.372 e. The molecular formula is C15H15FN2. The van der Waals surface area contributed by atoms with E-state index in [1.807, 2.05) is 18.2 Å². The molecule has 0 aliphatic carbocycles. The molecule has 0 atom stereocenters. The Balaban J connectivity index is 1.71. The molecule has 18 heavy (non-hydrogen) atoms. The Bertz CT molecular complexity index is 536. The average Bonchev–Trinajstić information content (AvgIpc) is 2.41.